The van der Waals surface area contributed by atoms with E-state index in [1.54, 1.807) is 32.0 Å². The Hall–Kier alpha value is -2.79. The third-order valence-electron chi connectivity index (χ3n) is 5.87. The molecule has 11 nitrogen and oxygen atoms in total. The lowest BCUT2D eigenvalue weighted by Crippen LogP contribution is -2.43. The average Bonchev–Trinajstić information content (AvgIpc) is 3.01. The molecule has 1 aliphatic rings. The lowest BCUT2D eigenvalue weighted by Gasteiger charge is -2.28. The number of hydrogen-bond acceptors (Lipinski definition) is 8. The first-order valence-corrected chi connectivity index (χ1v) is 13.0. The summed E-state index contributed by atoms with van der Waals surface area (Å²) in [6.07, 6.45) is -0.890. The number of rotatable bonds is 10. The van der Waals surface area contributed by atoms with E-state index in [-0.39, 0.29) is 12.2 Å². The summed E-state index contributed by atoms with van der Waals surface area (Å²) in [6, 6.07) is 6.99. The van der Waals surface area contributed by atoms with Crippen LogP contribution in [0.5, 0.6) is 5.75 Å². The number of halogens is 1. The Balaban J connectivity index is 1.80. The van der Waals surface area contributed by atoms with Crippen molar-refractivity contribution in [1.29, 1.82) is 0 Å². The van der Waals surface area contributed by atoms with E-state index in [4.69, 9.17) is 13.8 Å². The van der Waals surface area contributed by atoms with Crippen molar-refractivity contribution in [1.82, 2.24) is 14.6 Å². The average molecular weight is 527 g/mol. The van der Waals surface area contributed by atoms with Gasteiger partial charge in [0.1, 0.15) is 11.8 Å². The summed E-state index contributed by atoms with van der Waals surface area (Å²) in [5.74, 6) is -1.38. The molecule has 6 atom stereocenters. The van der Waals surface area contributed by atoms with Crippen molar-refractivity contribution >= 4 is 13.7 Å². The van der Waals surface area contributed by atoms with Crippen molar-refractivity contribution in [3.63, 3.8) is 0 Å². The summed E-state index contributed by atoms with van der Waals surface area (Å²) in [6.45, 7) is 5.48. The second kappa shape index (κ2) is 11.1. The first-order valence-electron chi connectivity index (χ1n) is 11.5. The molecule has 1 heterocycles. The molecule has 3 N–H and O–H groups in total. The van der Waals surface area contributed by atoms with Gasteiger partial charge in [-0.15, -0.1) is 0 Å². The van der Waals surface area contributed by atoms with Gasteiger partial charge in [0.05, 0.1) is 24.9 Å². The Morgan fingerprint density at radius 3 is 2.56 bits per heavy atom. The smallest absolute Gasteiger partial charge is 0.459 e. The van der Waals surface area contributed by atoms with Gasteiger partial charge in [0.2, 0.25) is 0 Å². The number of aromatic nitrogens is 2. The van der Waals surface area contributed by atoms with Crippen LogP contribution in [-0.4, -0.2) is 51.2 Å². The minimum absolute atomic E-state index is 0.0591. The van der Waals surface area contributed by atoms with E-state index in [2.05, 4.69) is 10.1 Å². The number of benzene rings is 1. The molecule has 1 aromatic heterocycles. The highest BCUT2D eigenvalue weighted by Crippen LogP contribution is 2.49. The molecule has 0 aliphatic heterocycles. The molecule has 0 unspecified atom stereocenters. The van der Waals surface area contributed by atoms with Crippen LogP contribution in [0.2, 0.25) is 0 Å². The molecule has 1 fully saturated rings. The van der Waals surface area contributed by atoms with Crippen LogP contribution in [0.25, 0.3) is 0 Å². The predicted octanol–water partition coefficient (Wildman–Crippen LogP) is 2.32. The second-order valence-corrected chi connectivity index (χ2v) is 10.9. The standard InChI is InChI=1S/C23H31FN3O8P/c1-14(2)34-21(30)15(3)26-36(32,35-17-8-6-5-7-9-17)33-13-16-12-18(23(4,24)20(16)29)27-11-10-19(28)25-22(27)31/h5-11,14-16,18,20,29H,12-13H2,1-4H3,(H,26,32)(H,25,28,31)/t15-,16+,18+,20+,23-,36-/m0/s1. The fourth-order valence-electron chi connectivity index (χ4n) is 4.05. The number of nitrogens with zero attached hydrogens (tertiary/aromatic N) is 1. The Kier molecular flexibility index (Phi) is 8.55. The van der Waals surface area contributed by atoms with Crippen molar-refractivity contribution in [2.24, 2.45) is 5.92 Å². The molecular weight excluding hydrogens is 496 g/mol. The van der Waals surface area contributed by atoms with Crippen molar-refractivity contribution in [2.75, 3.05) is 6.61 Å². The van der Waals surface area contributed by atoms with E-state index in [0.29, 0.717) is 0 Å². The van der Waals surface area contributed by atoms with Crippen LogP contribution < -0.4 is 20.9 Å². The minimum atomic E-state index is -4.22. The fraction of sp³-hybridized carbons (Fsp3) is 0.522. The van der Waals surface area contributed by atoms with Crippen LogP contribution in [0.3, 0.4) is 0 Å². The number of para-hydroxylation sites is 1. The molecule has 0 radical (unpaired) electrons. The SMILES string of the molecule is CC(C)OC(=O)[C@H](C)N[P@](=O)(OC[C@H]1C[C@@H](n2ccc(=O)[nH]c2=O)[C@](C)(F)[C@@H]1O)Oc1ccccc1. The van der Waals surface area contributed by atoms with Crippen LogP contribution in [0.1, 0.15) is 40.2 Å². The molecule has 1 aliphatic carbocycles. The van der Waals surface area contributed by atoms with E-state index < -0.39 is 67.4 Å². The highest BCUT2D eigenvalue weighted by molar-refractivity contribution is 7.52. The first kappa shape index (κ1) is 27.8. The van der Waals surface area contributed by atoms with Crippen LogP contribution >= 0.6 is 7.75 Å². The first-order chi connectivity index (χ1) is 16.8. The summed E-state index contributed by atoms with van der Waals surface area (Å²) in [5, 5.41) is 13.2. The van der Waals surface area contributed by atoms with Gasteiger partial charge in [-0.2, -0.15) is 5.09 Å². The Labute approximate surface area is 207 Å². The number of nitrogens with one attached hydrogen (secondary N) is 2. The van der Waals surface area contributed by atoms with Crippen LogP contribution in [0.15, 0.2) is 52.2 Å². The molecule has 0 saturated heterocycles. The lowest BCUT2D eigenvalue weighted by atomic mass is 9.98. The molecule has 0 amide bonds. The molecule has 3 rings (SSSR count). The van der Waals surface area contributed by atoms with Gasteiger partial charge in [-0.1, -0.05) is 18.2 Å². The summed E-state index contributed by atoms with van der Waals surface area (Å²) >= 11 is 0. The number of aromatic amines is 1. The van der Waals surface area contributed by atoms with Crippen LogP contribution in [0.4, 0.5) is 4.39 Å². The van der Waals surface area contributed by atoms with E-state index in [1.165, 1.54) is 19.1 Å². The topological polar surface area (TPSA) is 149 Å². The largest absolute Gasteiger partial charge is 0.462 e. The van der Waals surface area contributed by atoms with Gasteiger partial charge in [0.15, 0.2) is 5.67 Å². The summed E-state index contributed by atoms with van der Waals surface area (Å²) < 4.78 is 46.5. The van der Waals surface area contributed by atoms with E-state index in [1.807, 2.05) is 0 Å². The highest BCUT2D eigenvalue weighted by atomic mass is 31.2. The van der Waals surface area contributed by atoms with Crippen molar-refractivity contribution in [3.05, 3.63) is 63.4 Å². The zero-order valence-corrected chi connectivity index (χ0v) is 21.3. The fourth-order valence-corrected chi connectivity index (χ4v) is 5.60. The Morgan fingerprint density at radius 1 is 1.28 bits per heavy atom. The zero-order valence-electron chi connectivity index (χ0n) is 20.4. The van der Waals surface area contributed by atoms with Gasteiger partial charge in [-0.25, -0.2) is 13.8 Å². The molecule has 13 heteroatoms. The maximum absolute atomic E-state index is 15.6. The molecular formula is C23H31FN3O8P. The van der Waals surface area contributed by atoms with E-state index >= 15 is 4.39 Å². The molecule has 1 saturated carbocycles. The summed E-state index contributed by atoms with van der Waals surface area (Å²) in [4.78, 5) is 37.9. The number of carbonyl (C=O) groups is 1. The molecule has 2 aromatic rings. The molecule has 0 spiro atoms. The highest BCUT2D eigenvalue weighted by Gasteiger charge is 2.54. The molecule has 36 heavy (non-hydrogen) atoms. The zero-order chi connectivity index (χ0) is 26.7. The number of alkyl halides is 1. The van der Waals surface area contributed by atoms with Crippen molar-refractivity contribution in [2.45, 2.75) is 64.1 Å². The number of aliphatic hydroxyl groups is 1. The number of ether oxygens (including phenoxy) is 1. The van der Waals surface area contributed by atoms with Gasteiger partial charge >= 0.3 is 19.4 Å². The predicted molar refractivity (Wildman–Crippen MR) is 128 cm³/mol. The van der Waals surface area contributed by atoms with Crippen molar-refractivity contribution in [3.8, 4) is 5.75 Å². The maximum atomic E-state index is 15.6. The number of aliphatic hydroxyl groups excluding tert-OH is 1. The van der Waals surface area contributed by atoms with Gasteiger partial charge in [0.25, 0.3) is 5.56 Å². The van der Waals surface area contributed by atoms with Gasteiger partial charge in [-0.3, -0.25) is 23.7 Å². The number of H-pyrrole nitrogens is 1. The van der Waals surface area contributed by atoms with Crippen LogP contribution in [-0.2, 0) is 18.6 Å². The Bertz CT molecular complexity index is 1220. The van der Waals surface area contributed by atoms with Crippen molar-refractivity contribution < 1.29 is 32.6 Å². The number of hydrogen-bond donors (Lipinski definition) is 3. The third kappa shape index (κ3) is 6.50. The van der Waals surface area contributed by atoms with Gasteiger partial charge in [-0.05, 0) is 46.2 Å². The normalized spacial score (nSPS) is 26.4. The van der Waals surface area contributed by atoms with E-state index in [9.17, 15) is 24.1 Å². The van der Waals surface area contributed by atoms with Crippen LogP contribution in [0, 0.1) is 5.92 Å². The number of esters is 1. The molecule has 1 aromatic carbocycles. The van der Waals surface area contributed by atoms with Gasteiger partial charge < -0.3 is 14.4 Å². The lowest BCUT2D eigenvalue weighted by molar-refractivity contribution is -0.149. The van der Waals surface area contributed by atoms with Gasteiger partial charge in [0, 0.05) is 18.2 Å². The third-order valence-corrected chi connectivity index (χ3v) is 7.52. The molecule has 0 bridgehead atoms. The summed E-state index contributed by atoms with van der Waals surface area (Å²) in [5.41, 5.74) is -3.71. The Morgan fingerprint density at radius 2 is 1.94 bits per heavy atom. The summed E-state index contributed by atoms with van der Waals surface area (Å²) in [7, 11) is -4.22. The molecule has 198 valence electrons. The number of carbonyl (C=O) groups excluding carboxylic acids is 1. The van der Waals surface area contributed by atoms with E-state index in [0.717, 1.165) is 23.8 Å². The quantitative estimate of drug-likeness (QED) is 0.313. The maximum Gasteiger partial charge on any atom is 0.459 e. The minimum Gasteiger partial charge on any atom is -0.462 e. The second-order valence-electron chi connectivity index (χ2n) is 9.16. The monoisotopic (exact) mass is 527 g/mol.